The molecule has 1 N–H and O–H groups in total. The van der Waals surface area contributed by atoms with E-state index in [0.29, 0.717) is 0 Å². The van der Waals surface area contributed by atoms with Gasteiger partial charge in [-0.2, -0.15) is 0 Å². The van der Waals surface area contributed by atoms with E-state index in [9.17, 15) is 9.90 Å². The van der Waals surface area contributed by atoms with Crippen LogP contribution in [0.2, 0.25) is 0 Å². The predicted octanol–water partition coefficient (Wildman–Crippen LogP) is 3.82. The second-order valence-electron chi connectivity index (χ2n) is 6.26. The number of hydrogen-bond acceptors (Lipinski definition) is 2. The molecule has 2 fully saturated rings. The summed E-state index contributed by atoms with van der Waals surface area (Å²) in [6.45, 7) is 2.02. The minimum Gasteiger partial charge on any atom is -0.490 e. The first kappa shape index (κ1) is 13.5. The van der Waals surface area contributed by atoms with Crippen LogP contribution in [0.5, 0.6) is 5.75 Å². The summed E-state index contributed by atoms with van der Waals surface area (Å²) in [5.74, 6) is 0.101. The van der Waals surface area contributed by atoms with Crippen molar-refractivity contribution in [1.82, 2.24) is 0 Å². The van der Waals surface area contributed by atoms with Crippen molar-refractivity contribution >= 4 is 5.97 Å². The minimum absolute atomic E-state index is 0.281. The number of carboxylic acids is 1. The van der Waals surface area contributed by atoms with Crippen molar-refractivity contribution in [2.24, 2.45) is 0 Å². The van der Waals surface area contributed by atoms with Crippen molar-refractivity contribution in [3.8, 4) is 5.75 Å². The van der Waals surface area contributed by atoms with Gasteiger partial charge in [0.15, 0.2) is 0 Å². The van der Waals surface area contributed by atoms with Gasteiger partial charge in [0.1, 0.15) is 5.75 Å². The number of aryl methyl sites for hydroxylation is 1. The highest BCUT2D eigenvalue weighted by Gasteiger charge is 2.45. The number of ether oxygens (including phenoxy) is 1. The largest absolute Gasteiger partial charge is 0.490 e. The van der Waals surface area contributed by atoms with Crippen LogP contribution >= 0.6 is 0 Å². The lowest BCUT2D eigenvalue weighted by Gasteiger charge is -2.32. The van der Waals surface area contributed by atoms with E-state index < -0.39 is 11.4 Å². The van der Waals surface area contributed by atoms with Gasteiger partial charge in [0.25, 0.3) is 0 Å². The molecule has 0 radical (unpaired) electrons. The molecule has 0 aliphatic heterocycles. The standard InChI is InChI=1S/C17H22O3/c1-12-7-8-15(20-13-5-4-6-13)14(11-12)17(16(18)19)9-2-3-10-17/h7-8,11,13H,2-6,9-10H2,1H3,(H,18,19). The molecule has 0 saturated heterocycles. The fourth-order valence-corrected chi connectivity index (χ4v) is 3.37. The Morgan fingerprint density at radius 1 is 1.25 bits per heavy atom. The summed E-state index contributed by atoms with van der Waals surface area (Å²) in [6.07, 6.45) is 7.12. The molecule has 0 bridgehead atoms. The number of aliphatic carboxylic acids is 1. The summed E-state index contributed by atoms with van der Waals surface area (Å²) in [4.78, 5) is 11.9. The Balaban J connectivity index is 2.00. The second-order valence-corrected chi connectivity index (χ2v) is 6.26. The minimum atomic E-state index is -0.731. The van der Waals surface area contributed by atoms with Crippen LogP contribution in [-0.2, 0) is 10.2 Å². The molecular formula is C17H22O3. The summed E-state index contributed by atoms with van der Waals surface area (Å²) in [5.41, 5.74) is 1.27. The smallest absolute Gasteiger partial charge is 0.314 e. The van der Waals surface area contributed by atoms with E-state index in [1.165, 1.54) is 6.42 Å². The van der Waals surface area contributed by atoms with Crippen molar-refractivity contribution in [2.75, 3.05) is 0 Å². The molecule has 3 nitrogen and oxygen atoms in total. The maximum absolute atomic E-state index is 11.9. The van der Waals surface area contributed by atoms with Crippen molar-refractivity contribution in [3.05, 3.63) is 29.3 Å². The number of benzene rings is 1. The van der Waals surface area contributed by atoms with E-state index in [4.69, 9.17) is 4.74 Å². The molecule has 108 valence electrons. The summed E-state index contributed by atoms with van der Waals surface area (Å²) in [5, 5.41) is 9.78. The van der Waals surface area contributed by atoms with E-state index >= 15 is 0 Å². The number of carboxylic acid groups (broad SMARTS) is 1. The van der Waals surface area contributed by atoms with Gasteiger partial charge in [0, 0.05) is 5.56 Å². The second kappa shape index (κ2) is 5.12. The molecule has 2 aliphatic rings. The lowest BCUT2D eigenvalue weighted by molar-refractivity contribution is -0.143. The van der Waals surface area contributed by atoms with Gasteiger partial charge in [-0.1, -0.05) is 30.5 Å². The van der Waals surface area contributed by atoms with E-state index in [-0.39, 0.29) is 6.10 Å². The maximum atomic E-state index is 11.9. The third kappa shape index (κ3) is 2.19. The zero-order chi connectivity index (χ0) is 14.2. The van der Waals surface area contributed by atoms with Crippen LogP contribution in [0, 0.1) is 6.92 Å². The Kier molecular flexibility index (Phi) is 3.45. The van der Waals surface area contributed by atoms with Crippen molar-refractivity contribution in [2.45, 2.75) is 63.4 Å². The summed E-state index contributed by atoms with van der Waals surface area (Å²) >= 11 is 0. The highest BCUT2D eigenvalue weighted by atomic mass is 16.5. The van der Waals surface area contributed by atoms with Gasteiger partial charge >= 0.3 is 5.97 Å². The first-order valence-corrected chi connectivity index (χ1v) is 7.63. The Labute approximate surface area is 120 Å². The quantitative estimate of drug-likeness (QED) is 0.907. The molecule has 2 aliphatic carbocycles. The van der Waals surface area contributed by atoms with Crippen LogP contribution in [-0.4, -0.2) is 17.2 Å². The first-order valence-electron chi connectivity index (χ1n) is 7.63. The molecule has 0 amide bonds. The average Bonchev–Trinajstić information content (AvgIpc) is 2.85. The van der Waals surface area contributed by atoms with Crippen molar-refractivity contribution in [3.63, 3.8) is 0 Å². The van der Waals surface area contributed by atoms with Gasteiger partial charge in [-0.15, -0.1) is 0 Å². The SMILES string of the molecule is Cc1ccc(OC2CCC2)c(C2(C(=O)O)CCCC2)c1. The fraction of sp³-hybridized carbons (Fsp3) is 0.588. The summed E-state index contributed by atoms with van der Waals surface area (Å²) in [7, 11) is 0. The molecule has 0 heterocycles. The molecule has 0 aromatic heterocycles. The average molecular weight is 274 g/mol. The van der Waals surface area contributed by atoms with Crippen LogP contribution in [0.4, 0.5) is 0 Å². The molecule has 2 saturated carbocycles. The molecule has 0 unspecified atom stereocenters. The molecule has 1 aromatic carbocycles. The van der Waals surface area contributed by atoms with Gasteiger partial charge in [-0.05, 0) is 45.1 Å². The normalized spacial score (nSPS) is 21.4. The number of carbonyl (C=O) groups is 1. The maximum Gasteiger partial charge on any atom is 0.314 e. The van der Waals surface area contributed by atoms with Gasteiger partial charge < -0.3 is 9.84 Å². The lowest BCUT2D eigenvalue weighted by Crippen LogP contribution is -2.34. The van der Waals surface area contributed by atoms with E-state index in [2.05, 4.69) is 0 Å². The van der Waals surface area contributed by atoms with E-state index in [0.717, 1.165) is 55.4 Å². The molecular weight excluding hydrogens is 252 g/mol. The molecule has 1 aromatic rings. The number of rotatable bonds is 4. The number of hydrogen-bond donors (Lipinski definition) is 1. The topological polar surface area (TPSA) is 46.5 Å². The summed E-state index contributed by atoms with van der Waals surface area (Å²) in [6, 6.07) is 6.00. The van der Waals surface area contributed by atoms with Crippen LogP contribution in [0.25, 0.3) is 0 Å². The lowest BCUT2D eigenvalue weighted by atomic mass is 9.78. The zero-order valence-corrected chi connectivity index (χ0v) is 12.0. The zero-order valence-electron chi connectivity index (χ0n) is 12.0. The first-order chi connectivity index (χ1) is 9.62. The molecule has 20 heavy (non-hydrogen) atoms. The molecule has 3 heteroatoms. The van der Waals surface area contributed by atoms with Crippen molar-refractivity contribution < 1.29 is 14.6 Å². The summed E-state index contributed by atoms with van der Waals surface area (Å²) < 4.78 is 6.06. The molecule has 0 atom stereocenters. The monoisotopic (exact) mass is 274 g/mol. The predicted molar refractivity (Wildman–Crippen MR) is 77.2 cm³/mol. The fourth-order valence-electron chi connectivity index (χ4n) is 3.37. The van der Waals surface area contributed by atoms with Gasteiger partial charge in [-0.25, -0.2) is 0 Å². The Bertz CT molecular complexity index is 511. The Morgan fingerprint density at radius 3 is 2.50 bits per heavy atom. The highest BCUT2D eigenvalue weighted by Crippen LogP contribution is 2.46. The van der Waals surface area contributed by atoms with Gasteiger partial charge in [0.2, 0.25) is 0 Å². The van der Waals surface area contributed by atoms with Crippen molar-refractivity contribution in [1.29, 1.82) is 0 Å². The Hall–Kier alpha value is -1.51. The third-order valence-electron chi connectivity index (χ3n) is 4.86. The molecule has 0 spiro atoms. The van der Waals surface area contributed by atoms with Crippen LogP contribution in [0.15, 0.2) is 18.2 Å². The van der Waals surface area contributed by atoms with Gasteiger partial charge in [0.05, 0.1) is 11.5 Å². The van der Waals surface area contributed by atoms with E-state index in [1.807, 2.05) is 25.1 Å². The van der Waals surface area contributed by atoms with Crippen LogP contribution in [0.1, 0.15) is 56.1 Å². The van der Waals surface area contributed by atoms with Gasteiger partial charge in [-0.3, -0.25) is 4.79 Å². The molecule has 3 rings (SSSR count). The Morgan fingerprint density at radius 2 is 1.95 bits per heavy atom. The third-order valence-corrected chi connectivity index (χ3v) is 4.86. The van der Waals surface area contributed by atoms with Crippen LogP contribution in [0.3, 0.4) is 0 Å². The van der Waals surface area contributed by atoms with Crippen LogP contribution < -0.4 is 4.74 Å². The van der Waals surface area contributed by atoms with E-state index in [1.54, 1.807) is 0 Å². The highest BCUT2D eigenvalue weighted by molar-refractivity contribution is 5.83.